The van der Waals surface area contributed by atoms with E-state index in [1.165, 1.54) is 5.69 Å². The Morgan fingerprint density at radius 2 is 2.21 bits per heavy atom. The molecule has 2 heterocycles. The molecule has 0 amide bonds. The van der Waals surface area contributed by atoms with Gasteiger partial charge in [0.15, 0.2) is 0 Å². The third-order valence-corrected chi connectivity index (χ3v) is 3.05. The summed E-state index contributed by atoms with van der Waals surface area (Å²) in [5, 5.41) is 7.82. The number of ether oxygens (including phenoxy) is 1. The van der Waals surface area contributed by atoms with Gasteiger partial charge in [-0.05, 0) is 18.6 Å². The van der Waals surface area contributed by atoms with Crippen molar-refractivity contribution in [3.05, 3.63) is 41.3 Å². The molecule has 0 saturated heterocycles. The summed E-state index contributed by atoms with van der Waals surface area (Å²) in [6.45, 7) is 3.62. The number of hydrogen-bond donors (Lipinski definition) is 1. The molecule has 0 aromatic carbocycles. The average Bonchev–Trinajstić information content (AvgIpc) is 2.80. The highest BCUT2D eigenvalue weighted by atomic mass is 16.5. The van der Waals surface area contributed by atoms with Gasteiger partial charge >= 0.3 is 0 Å². The second-order valence-corrected chi connectivity index (χ2v) is 4.38. The van der Waals surface area contributed by atoms with Crippen molar-refractivity contribution in [2.45, 2.75) is 26.4 Å². The fourth-order valence-corrected chi connectivity index (χ4v) is 1.98. The highest BCUT2D eigenvalue weighted by molar-refractivity contribution is 5.25. The summed E-state index contributed by atoms with van der Waals surface area (Å²) in [5.41, 5.74) is 3.36. The maximum absolute atomic E-state index is 5.22. The van der Waals surface area contributed by atoms with Crippen molar-refractivity contribution in [1.82, 2.24) is 20.1 Å². The van der Waals surface area contributed by atoms with Crippen LogP contribution in [0.15, 0.2) is 24.4 Å². The van der Waals surface area contributed by atoms with Gasteiger partial charge in [-0.25, -0.2) is 4.98 Å². The molecule has 5 heteroatoms. The third kappa shape index (κ3) is 3.32. The molecule has 0 bridgehead atoms. The Hall–Kier alpha value is -1.88. The van der Waals surface area contributed by atoms with E-state index in [1.807, 2.05) is 23.9 Å². The second-order valence-electron chi connectivity index (χ2n) is 4.38. The van der Waals surface area contributed by atoms with Crippen molar-refractivity contribution < 1.29 is 4.74 Å². The molecule has 2 aromatic heterocycles. The zero-order chi connectivity index (χ0) is 13.7. The van der Waals surface area contributed by atoms with Crippen LogP contribution in [0, 0.1) is 0 Å². The fraction of sp³-hybridized carbons (Fsp3) is 0.429. The number of rotatable bonds is 6. The van der Waals surface area contributed by atoms with Gasteiger partial charge in [-0.2, -0.15) is 5.10 Å². The van der Waals surface area contributed by atoms with Crippen molar-refractivity contribution in [1.29, 1.82) is 0 Å². The number of methoxy groups -OCH3 is 1. The Balaban J connectivity index is 1.94. The summed E-state index contributed by atoms with van der Waals surface area (Å²) < 4.78 is 7.15. The number of aromatic nitrogens is 3. The summed E-state index contributed by atoms with van der Waals surface area (Å²) in [6.07, 6.45) is 2.70. The predicted molar refractivity (Wildman–Crippen MR) is 73.9 cm³/mol. The summed E-state index contributed by atoms with van der Waals surface area (Å²) in [6, 6.07) is 6.06. The van der Waals surface area contributed by atoms with Crippen molar-refractivity contribution in [3.63, 3.8) is 0 Å². The molecule has 19 heavy (non-hydrogen) atoms. The highest BCUT2D eigenvalue weighted by Crippen LogP contribution is 2.13. The van der Waals surface area contributed by atoms with E-state index in [0.717, 1.165) is 30.8 Å². The fourth-order valence-electron chi connectivity index (χ4n) is 1.98. The van der Waals surface area contributed by atoms with Gasteiger partial charge in [0, 0.05) is 31.9 Å². The number of nitrogens with one attached hydrogen (secondary N) is 1. The van der Waals surface area contributed by atoms with Crippen LogP contribution in [0.2, 0.25) is 0 Å². The lowest BCUT2D eigenvalue weighted by Crippen LogP contribution is -2.16. The van der Waals surface area contributed by atoms with Gasteiger partial charge in [-0.15, -0.1) is 0 Å². The zero-order valence-electron chi connectivity index (χ0n) is 11.7. The number of nitrogens with zero attached hydrogens (tertiary/aromatic N) is 3. The first-order valence-electron chi connectivity index (χ1n) is 6.45. The third-order valence-electron chi connectivity index (χ3n) is 3.05. The lowest BCUT2D eigenvalue weighted by atomic mass is 10.2. The van der Waals surface area contributed by atoms with Crippen molar-refractivity contribution in [3.8, 4) is 5.88 Å². The van der Waals surface area contributed by atoms with E-state index < -0.39 is 0 Å². The van der Waals surface area contributed by atoms with E-state index in [9.17, 15) is 0 Å². The minimum absolute atomic E-state index is 0.675. The van der Waals surface area contributed by atoms with Gasteiger partial charge in [0.05, 0.1) is 18.5 Å². The molecule has 2 aromatic rings. The van der Waals surface area contributed by atoms with Crippen LogP contribution >= 0.6 is 0 Å². The maximum atomic E-state index is 5.22. The monoisotopic (exact) mass is 260 g/mol. The molecule has 2 rings (SSSR count). The van der Waals surface area contributed by atoms with Crippen LogP contribution in [0.3, 0.4) is 0 Å². The van der Waals surface area contributed by atoms with E-state index in [-0.39, 0.29) is 0 Å². The molecular weight excluding hydrogens is 240 g/mol. The highest BCUT2D eigenvalue weighted by Gasteiger charge is 2.05. The van der Waals surface area contributed by atoms with E-state index >= 15 is 0 Å². The average molecular weight is 260 g/mol. The minimum Gasteiger partial charge on any atom is -0.481 e. The lowest BCUT2D eigenvalue weighted by Gasteiger charge is -2.08. The van der Waals surface area contributed by atoms with E-state index in [4.69, 9.17) is 4.74 Å². The van der Waals surface area contributed by atoms with Crippen LogP contribution in [-0.4, -0.2) is 21.9 Å². The smallest absolute Gasteiger partial charge is 0.217 e. The van der Waals surface area contributed by atoms with Crippen LogP contribution in [0.5, 0.6) is 5.88 Å². The minimum atomic E-state index is 0.675. The van der Waals surface area contributed by atoms with Gasteiger partial charge in [-0.3, -0.25) is 4.68 Å². The molecule has 0 radical (unpaired) electrons. The lowest BCUT2D eigenvalue weighted by molar-refractivity contribution is 0.390. The van der Waals surface area contributed by atoms with Crippen LogP contribution in [-0.2, 0) is 26.6 Å². The first kappa shape index (κ1) is 13.5. The van der Waals surface area contributed by atoms with E-state index in [1.54, 1.807) is 13.3 Å². The van der Waals surface area contributed by atoms with Gasteiger partial charge in [-0.1, -0.05) is 13.0 Å². The van der Waals surface area contributed by atoms with Crippen LogP contribution in [0.25, 0.3) is 0 Å². The van der Waals surface area contributed by atoms with Crippen molar-refractivity contribution in [2.24, 2.45) is 7.05 Å². The topological polar surface area (TPSA) is 52.0 Å². The molecule has 0 aliphatic rings. The number of hydrogen-bond acceptors (Lipinski definition) is 4. The van der Waals surface area contributed by atoms with Gasteiger partial charge in [0.25, 0.3) is 0 Å². The summed E-state index contributed by atoms with van der Waals surface area (Å²) in [5.74, 6) is 0.675. The maximum Gasteiger partial charge on any atom is 0.217 e. The second kappa shape index (κ2) is 6.33. The van der Waals surface area contributed by atoms with Crippen LogP contribution < -0.4 is 10.1 Å². The summed E-state index contributed by atoms with van der Waals surface area (Å²) in [7, 11) is 3.61. The Bertz CT molecular complexity index is 536. The molecule has 0 spiro atoms. The summed E-state index contributed by atoms with van der Waals surface area (Å²) >= 11 is 0. The molecule has 5 nitrogen and oxygen atoms in total. The van der Waals surface area contributed by atoms with Crippen molar-refractivity contribution in [2.75, 3.05) is 7.11 Å². The number of pyridine rings is 1. The molecule has 0 aliphatic carbocycles. The Morgan fingerprint density at radius 3 is 2.89 bits per heavy atom. The molecule has 0 aliphatic heterocycles. The van der Waals surface area contributed by atoms with Gasteiger partial charge < -0.3 is 10.1 Å². The van der Waals surface area contributed by atoms with Crippen LogP contribution in [0.1, 0.15) is 23.9 Å². The SMILES string of the molecule is CCc1cc(CNCc2cccnc2OC)n(C)n1. The molecular formula is C14H20N4O. The van der Waals surface area contributed by atoms with Crippen LogP contribution in [0.4, 0.5) is 0 Å². The Morgan fingerprint density at radius 1 is 1.37 bits per heavy atom. The Labute approximate surface area is 113 Å². The van der Waals surface area contributed by atoms with E-state index in [2.05, 4.69) is 28.4 Å². The Kier molecular flexibility index (Phi) is 4.52. The normalized spacial score (nSPS) is 10.7. The van der Waals surface area contributed by atoms with Crippen molar-refractivity contribution >= 4 is 0 Å². The molecule has 1 N–H and O–H groups in total. The molecule has 0 saturated carbocycles. The van der Waals surface area contributed by atoms with E-state index in [0.29, 0.717) is 5.88 Å². The largest absolute Gasteiger partial charge is 0.481 e. The van der Waals surface area contributed by atoms with Gasteiger partial charge in [0.1, 0.15) is 0 Å². The van der Waals surface area contributed by atoms with Gasteiger partial charge in [0.2, 0.25) is 5.88 Å². The summed E-state index contributed by atoms with van der Waals surface area (Å²) in [4.78, 5) is 4.18. The first-order chi connectivity index (χ1) is 9.24. The quantitative estimate of drug-likeness (QED) is 0.858. The molecule has 102 valence electrons. The molecule has 0 fully saturated rings. The molecule has 0 atom stereocenters. The standard InChI is InChI=1S/C14H20N4O/c1-4-12-8-13(18(2)17-12)10-15-9-11-6-5-7-16-14(11)19-3/h5-8,15H,4,9-10H2,1-3H3. The number of aryl methyl sites for hydroxylation is 2. The zero-order valence-corrected chi connectivity index (χ0v) is 11.7. The predicted octanol–water partition coefficient (Wildman–Crippen LogP) is 1.68. The molecule has 0 unspecified atom stereocenters. The first-order valence-corrected chi connectivity index (χ1v) is 6.45.